The molecule has 9 aromatic rings. The summed E-state index contributed by atoms with van der Waals surface area (Å²) in [6, 6.07) is 56.8. The molecular formula is C45H29N3O. The number of rotatable bonds is 6. The molecule has 4 nitrogen and oxygen atoms in total. The Hall–Kier alpha value is -6.65. The van der Waals surface area contributed by atoms with Gasteiger partial charge in [0.2, 0.25) is 0 Å². The van der Waals surface area contributed by atoms with Crippen LogP contribution in [-0.2, 0) is 0 Å². The largest absolute Gasteiger partial charge is 0.456 e. The fraction of sp³-hybridized carbons (Fsp3) is 0. The van der Waals surface area contributed by atoms with E-state index in [1.54, 1.807) is 0 Å². The Kier molecular flexibility index (Phi) is 7.10. The van der Waals surface area contributed by atoms with Crippen molar-refractivity contribution in [2.75, 3.05) is 0 Å². The van der Waals surface area contributed by atoms with Crippen LogP contribution in [0.4, 0.5) is 0 Å². The predicted molar refractivity (Wildman–Crippen MR) is 200 cm³/mol. The van der Waals surface area contributed by atoms with Crippen molar-refractivity contribution < 1.29 is 4.42 Å². The molecule has 230 valence electrons. The minimum atomic E-state index is 0.671. The highest BCUT2D eigenvalue weighted by Crippen LogP contribution is 2.37. The number of benzene rings is 6. The first-order chi connectivity index (χ1) is 24.2. The highest BCUT2D eigenvalue weighted by Gasteiger charge is 2.15. The molecule has 0 aliphatic rings. The third-order valence-corrected chi connectivity index (χ3v) is 8.98. The lowest BCUT2D eigenvalue weighted by Gasteiger charge is -2.14. The van der Waals surface area contributed by atoms with E-state index >= 15 is 0 Å². The molecule has 0 saturated carbocycles. The summed E-state index contributed by atoms with van der Waals surface area (Å²) < 4.78 is 6.16. The first kappa shape index (κ1) is 28.6. The molecule has 0 unspecified atom stereocenters. The molecule has 49 heavy (non-hydrogen) atoms. The number of hydrogen-bond acceptors (Lipinski definition) is 4. The van der Waals surface area contributed by atoms with Gasteiger partial charge in [0.15, 0.2) is 5.82 Å². The smallest absolute Gasteiger partial charge is 0.160 e. The number of furan rings is 1. The number of aromatic nitrogens is 3. The van der Waals surface area contributed by atoms with Gasteiger partial charge in [-0.05, 0) is 94.0 Å². The van der Waals surface area contributed by atoms with Crippen LogP contribution < -0.4 is 0 Å². The number of fused-ring (bicyclic) bond motifs is 3. The Morgan fingerprint density at radius 1 is 0.327 bits per heavy atom. The van der Waals surface area contributed by atoms with Crippen LogP contribution in [0.2, 0.25) is 0 Å². The second-order valence-corrected chi connectivity index (χ2v) is 12.1. The summed E-state index contributed by atoms with van der Waals surface area (Å²) >= 11 is 0. The topological polar surface area (TPSA) is 51.8 Å². The van der Waals surface area contributed by atoms with Gasteiger partial charge < -0.3 is 4.42 Å². The van der Waals surface area contributed by atoms with E-state index < -0.39 is 0 Å². The Labute approximate surface area is 284 Å². The van der Waals surface area contributed by atoms with Gasteiger partial charge in [-0.1, -0.05) is 103 Å². The van der Waals surface area contributed by atoms with Gasteiger partial charge in [0.25, 0.3) is 0 Å². The third kappa shape index (κ3) is 5.56. The normalized spacial score (nSPS) is 11.3. The first-order valence-electron chi connectivity index (χ1n) is 16.3. The van der Waals surface area contributed by atoms with E-state index in [4.69, 9.17) is 14.4 Å². The number of hydrogen-bond donors (Lipinski definition) is 0. The lowest BCUT2D eigenvalue weighted by molar-refractivity contribution is 0.669. The summed E-state index contributed by atoms with van der Waals surface area (Å²) in [6.45, 7) is 0. The average Bonchev–Trinajstić information content (AvgIpc) is 3.57. The summed E-state index contributed by atoms with van der Waals surface area (Å²) in [7, 11) is 0. The zero-order valence-electron chi connectivity index (χ0n) is 26.5. The minimum absolute atomic E-state index is 0.671. The van der Waals surface area contributed by atoms with Crippen molar-refractivity contribution in [2.45, 2.75) is 0 Å². The molecule has 0 N–H and O–H groups in total. The van der Waals surface area contributed by atoms with Gasteiger partial charge in [0.1, 0.15) is 11.2 Å². The fourth-order valence-electron chi connectivity index (χ4n) is 6.51. The van der Waals surface area contributed by atoms with E-state index in [0.29, 0.717) is 5.82 Å². The SMILES string of the molecule is c1ccc(-c2cc(-c3ccc4oc5ccccc5c4c3)cc(-c3cc(-c4ccccc4)nc(-c4cccc(-c5ccncc5)c4)n3)c2)cc1. The first-order valence-corrected chi connectivity index (χ1v) is 16.3. The predicted octanol–water partition coefficient (Wildman–Crippen LogP) is 11.8. The van der Waals surface area contributed by atoms with Gasteiger partial charge in [-0.15, -0.1) is 0 Å². The van der Waals surface area contributed by atoms with E-state index in [9.17, 15) is 0 Å². The van der Waals surface area contributed by atoms with E-state index in [1.165, 1.54) is 0 Å². The van der Waals surface area contributed by atoms with Gasteiger partial charge in [-0.25, -0.2) is 9.97 Å². The maximum Gasteiger partial charge on any atom is 0.160 e. The van der Waals surface area contributed by atoms with Crippen LogP contribution in [0.15, 0.2) is 181 Å². The molecule has 3 heterocycles. The van der Waals surface area contributed by atoms with Gasteiger partial charge in [0.05, 0.1) is 11.4 Å². The molecule has 0 spiro atoms. The van der Waals surface area contributed by atoms with Crippen molar-refractivity contribution in [1.82, 2.24) is 15.0 Å². The van der Waals surface area contributed by atoms with E-state index in [-0.39, 0.29) is 0 Å². The van der Waals surface area contributed by atoms with Gasteiger partial charge in [-0.2, -0.15) is 0 Å². The summed E-state index contributed by atoms with van der Waals surface area (Å²) in [5.41, 5.74) is 13.2. The number of pyridine rings is 1. The zero-order valence-corrected chi connectivity index (χ0v) is 26.5. The molecule has 0 aliphatic carbocycles. The van der Waals surface area contributed by atoms with Crippen LogP contribution in [0.5, 0.6) is 0 Å². The Balaban J connectivity index is 1.25. The molecule has 4 heteroatoms. The molecule has 9 rings (SSSR count). The van der Waals surface area contributed by atoms with E-state index in [1.807, 2.05) is 54.9 Å². The fourth-order valence-corrected chi connectivity index (χ4v) is 6.51. The molecular weight excluding hydrogens is 599 g/mol. The van der Waals surface area contributed by atoms with Gasteiger partial charge >= 0.3 is 0 Å². The lowest BCUT2D eigenvalue weighted by atomic mass is 9.94. The zero-order chi connectivity index (χ0) is 32.6. The van der Waals surface area contributed by atoms with Crippen LogP contribution in [0.1, 0.15) is 0 Å². The third-order valence-electron chi connectivity index (χ3n) is 8.98. The number of para-hydroxylation sites is 1. The van der Waals surface area contributed by atoms with Crippen LogP contribution in [0.25, 0.3) is 89.2 Å². The van der Waals surface area contributed by atoms with Crippen LogP contribution in [-0.4, -0.2) is 15.0 Å². The monoisotopic (exact) mass is 627 g/mol. The maximum absolute atomic E-state index is 6.16. The average molecular weight is 628 g/mol. The van der Waals surface area contributed by atoms with Crippen molar-refractivity contribution in [2.24, 2.45) is 0 Å². The summed E-state index contributed by atoms with van der Waals surface area (Å²) in [4.78, 5) is 14.6. The lowest BCUT2D eigenvalue weighted by Crippen LogP contribution is -1.97. The Morgan fingerprint density at radius 3 is 1.67 bits per heavy atom. The van der Waals surface area contributed by atoms with Crippen LogP contribution in [0, 0.1) is 0 Å². The minimum Gasteiger partial charge on any atom is -0.456 e. The standard InChI is InChI=1S/C45H29N3O/c1-3-10-30(11-4-1)36-25-37(34-18-19-44-40(28-34)39-16-7-8-17-43(39)49-44)27-38(26-36)42-29-41(32-12-5-2-6-13-32)47-45(48-42)35-15-9-14-33(24-35)31-20-22-46-23-21-31/h1-29H. The molecule has 0 aliphatic heterocycles. The summed E-state index contributed by atoms with van der Waals surface area (Å²) in [6.07, 6.45) is 3.63. The van der Waals surface area contributed by atoms with Crippen molar-refractivity contribution in [1.29, 1.82) is 0 Å². The molecule has 6 aromatic carbocycles. The van der Waals surface area contributed by atoms with Crippen LogP contribution in [0.3, 0.4) is 0 Å². The molecule has 0 fully saturated rings. The molecule has 0 radical (unpaired) electrons. The highest BCUT2D eigenvalue weighted by molar-refractivity contribution is 6.06. The molecule has 0 bridgehead atoms. The second-order valence-electron chi connectivity index (χ2n) is 12.1. The maximum atomic E-state index is 6.16. The van der Waals surface area contributed by atoms with Crippen LogP contribution >= 0.6 is 0 Å². The van der Waals surface area contributed by atoms with Crippen molar-refractivity contribution in [3.05, 3.63) is 176 Å². The summed E-state index contributed by atoms with van der Waals surface area (Å²) in [5.74, 6) is 0.671. The van der Waals surface area contributed by atoms with Crippen molar-refractivity contribution in [3.8, 4) is 67.3 Å². The van der Waals surface area contributed by atoms with E-state index in [2.05, 4.69) is 126 Å². The van der Waals surface area contributed by atoms with Gasteiger partial charge in [0, 0.05) is 39.9 Å². The molecule has 0 atom stereocenters. The second kappa shape index (κ2) is 12.2. The van der Waals surface area contributed by atoms with Crippen molar-refractivity contribution in [3.63, 3.8) is 0 Å². The molecule has 0 saturated heterocycles. The number of nitrogens with zero attached hydrogens (tertiary/aromatic N) is 3. The van der Waals surface area contributed by atoms with Gasteiger partial charge in [-0.3, -0.25) is 4.98 Å². The Morgan fingerprint density at radius 2 is 0.878 bits per heavy atom. The van der Waals surface area contributed by atoms with Crippen molar-refractivity contribution >= 4 is 21.9 Å². The summed E-state index contributed by atoms with van der Waals surface area (Å²) in [5, 5.41) is 2.21. The quantitative estimate of drug-likeness (QED) is 0.184. The van der Waals surface area contributed by atoms with E-state index in [0.717, 1.165) is 83.4 Å². The molecule has 3 aromatic heterocycles. The highest BCUT2D eigenvalue weighted by atomic mass is 16.3. The molecule has 0 amide bonds. The Bertz CT molecular complexity index is 2590.